The van der Waals surface area contributed by atoms with Gasteiger partial charge in [-0.1, -0.05) is 30.3 Å². The van der Waals surface area contributed by atoms with Crippen molar-refractivity contribution in [3.63, 3.8) is 0 Å². The first-order chi connectivity index (χ1) is 11.3. The lowest BCUT2D eigenvalue weighted by molar-refractivity contribution is -0.133. The number of aryl methyl sites for hydroxylation is 1. The van der Waals surface area contributed by atoms with Gasteiger partial charge in [-0.3, -0.25) is 9.69 Å². The Morgan fingerprint density at radius 2 is 1.78 bits per heavy atom. The Labute approximate surface area is 137 Å². The third-order valence-electron chi connectivity index (χ3n) is 4.38. The quantitative estimate of drug-likeness (QED) is 0.823. The van der Waals surface area contributed by atoms with E-state index in [0.29, 0.717) is 12.3 Å². The average Bonchev–Trinajstić information content (AvgIpc) is 3.09. The zero-order chi connectivity index (χ0) is 15.9. The first kappa shape index (κ1) is 15.8. The molecule has 1 amide bonds. The maximum atomic E-state index is 12.3. The Hall–Kier alpha value is -2.07. The van der Waals surface area contributed by atoms with Gasteiger partial charge in [-0.05, 0) is 30.5 Å². The van der Waals surface area contributed by atoms with Crippen molar-refractivity contribution in [2.45, 2.75) is 25.8 Å². The molecule has 2 heterocycles. The van der Waals surface area contributed by atoms with Crippen LogP contribution in [0.5, 0.6) is 0 Å². The summed E-state index contributed by atoms with van der Waals surface area (Å²) in [5, 5.41) is 0. The molecule has 23 heavy (non-hydrogen) atoms. The summed E-state index contributed by atoms with van der Waals surface area (Å²) in [6.45, 7) is 4.33. The number of carbonyl (C=O) groups is 1. The van der Waals surface area contributed by atoms with Crippen LogP contribution in [0.15, 0.2) is 53.1 Å². The van der Waals surface area contributed by atoms with E-state index < -0.39 is 0 Å². The molecule has 0 N–H and O–H groups in total. The van der Waals surface area contributed by atoms with E-state index in [1.807, 2.05) is 23.1 Å². The molecule has 1 aliphatic heterocycles. The number of rotatable bonds is 6. The molecule has 0 spiro atoms. The van der Waals surface area contributed by atoms with Gasteiger partial charge < -0.3 is 9.32 Å². The molecule has 1 aromatic carbocycles. The summed E-state index contributed by atoms with van der Waals surface area (Å²) in [6.07, 6.45) is 4.26. The first-order valence-corrected chi connectivity index (χ1v) is 8.38. The van der Waals surface area contributed by atoms with Crippen molar-refractivity contribution in [1.82, 2.24) is 9.80 Å². The topological polar surface area (TPSA) is 36.7 Å². The highest BCUT2D eigenvalue weighted by molar-refractivity contribution is 5.76. The molecule has 0 atom stereocenters. The minimum absolute atomic E-state index is 0.290. The van der Waals surface area contributed by atoms with E-state index in [-0.39, 0.29) is 0 Å². The highest BCUT2D eigenvalue weighted by atomic mass is 16.3. The number of benzene rings is 1. The fourth-order valence-electron chi connectivity index (χ4n) is 3.02. The lowest BCUT2D eigenvalue weighted by Gasteiger charge is -2.34. The van der Waals surface area contributed by atoms with Crippen LogP contribution in [-0.2, 0) is 17.8 Å². The lowest BCUT2D eigenvalue weighted by atomic mass is 10.1. The van der Waals surface area contributed by atoms with E-state index >= 15 is 0 Å². The molecule has 0 aliphatic carbocycles. The summed E-state index contributed by atoms with van der Waals surface area (Å²) in [6, 6.07) is 14.3. The van der Waals surface area contributed by atoms with Gasteiger partial charge in [0.15, 0.2) is 0 Å². The van der Waals surface area contributed by atoms with Gasteiger partial charge in [0.2, 0.25) is 5.91 Å². The van der Waals surface area contributed by atoms with E-state index in [0.717, 1.165) is 51.3 Å². The molecule has 1 fully saturated rings. The van der Waals surface area contributed by atoms with Crippen LogP contribution in [0.4, 0.5) is 0 Å². The number of hydrogen-bond acceptors (Lipinski definition) is 3. The molecular weight excluding hydrogens is 288 g/mol. The molecular formula is C19H24N2O2. The van der Waals surface area contributed by atoms with E-state index in [2.05, 4.69) is 29.2 Å². The van der Waals surface area contributed by atoms with Crippen molar-refractivity contribution >= 4 is 5.91 Å². The Balaban J connectivity index is 1.36. The molecule has 0 saturated carbocycles. The van der Waals surface area contributed by atoms with Gasteiger partial charge >= 0.3 is 0 Å². The molecule has 0 radical (unpaired) electrons. The van der Waals surface area contributed by atoms with Gasteiger partial charge in [-0.15, -0.1) is 0 Å². The third kappa shape index (κ3) is 4.70. The van der Waals surface area contributed by atoms with E-state index in [4.69, 9.17) is 4.42 Å². The molecule has 3 rings (SSSR count). The van der Waals surface area contributed by atoms with Gasteiger partial charge in [-0.25, -0.2) is 0 Å². The highest BCUT2D eigenvalue weighted by Crippen LogP contribution is 2.11. The Bertz CT molecular complexity index is 587. The van der Waals surface area contributed by atoms with E-state index in [1.54, 1.807) is 6.26 Å². The van der Waals surface area contributed by atoms with Crippen molar-refractivity contribution in [3.05, 3.63) is 60.1 Å². The summed E-state index contributed by atoms with van der Waals surface area (Å²) in [5.41, 5.74) is 1.31. The van der Waals surface area contributed by atoms with Crippen LogP contribution < -0.4 is 0 Å². The predicted octanol–water partition coefficient (Wildman–Crippen LogP) is 2.95. The second-order valence-corrected chi connectivity index (χ2v) is 6.08. The normalized spacial score (nSPS) is 15.7. The van der Waals surface area contributed by atoms with Gasteiger partial charge in [0.05, 0.1) is 12.8 Å². The Kier molecular flexibility index (Phi) is 5.48. The molecule has 1 saturated heterocycles. The number of hydrogen-bond donors (Lipinski definition) is 0. The van der Waals surface area contributed by atoms with E-state index in [9.17, 15) is 4.79 Å². The van der Waals surface area contributed by atoms with Crippen molar-refractivity contribution in [1.29, 1.82) is 0 Å². The molecule has 122 valence electrons. The first-order valence-electron chi connectivity index (χ1n) is 8.38. The van der Waals surface area contributed by atoms with Gasteiger partial charge in [0.1, 0.15) is 5.76 Å². The molecule has 2 aromatic rings. The number of amides is 1. The van der Waals surface area contributed by atoms with Gasteiger partial charge in [0, 0.05) is 32.6 Å². The van der Waals surface area contributed by atoms with E-state index in [1.165, 1.54) is 5.56 Å². The number of piperazine rings is 1. The summed E-state index contributed by atoms with van der Waals surface area (Å²) in [4.78, 5) is 16.6. The fourth-order valence-corrected chi connectivity index (χ4v) is 3.02. The third-order valence-corrected chi connectivity index (χ3v) is 4.38. The standard InChI is InChI=1S/C19H24N2O2/c22-19(10-4-8-17-6-2-1-3-7-17)21-13-11-20(12-14-21)16-18-9-5-15-23-18/h1-3,5-7,9,15H,4,8,10-14,16H2. The van der Waals surface area contributed by atoms with Crippen LogP contribution in [-0.4, -0.2) is 41.9 Å². The Morgan fingerprint density at radius 1 is 1.00 bits per heavy atom. The summed E-state index contributed by atoms with van der Waals surface area (Å²) < 4.78 is 5.38. The van der Waals surface area contributed by atoms with Crippen molar-refractivity contribution in [2.24, 2.45) is 0 Å². The van der Waals surface area contributed by atoms with Crippen molar-refractivity contribution < 1.29 is 9.21 Å². The minimum Gasteiger partial charge on any atom is -0.468 e. The van der Waals surface area contributed by atoms with Crippen LogP contribution in [0.25, 0.3) is 0 Å². The summed E-state index contributed by atoms with van der Waals surface area (Å²) in [5.74, 6) is 1.28. The largest absolute Gasteiger partial charge is 0.468 e. The highest BCUT2D eigenvalue weighted by Gasteiger charge is 2.21. The van der Waals surface area contributed by atoms with Gasteiger partial charge in [0.25, 0.3) is 0 Å². The van der Waals surface area contributed by atoms with Crippen molar-refractivity contribution in [2.75, 3.05) is 26.2 Å². The maximum absolute atomic E-state index is 12.3. The molecule has 0 bridgehead atoms. The van der Waals surface area contributed by atoms with Crippen LogP contribution in [0.1, 0.15) is 24.2 Å². The number of carbonyl (C=O) groups excluding carboxylic acids is 1. The van der Waals surface area contributed by atoms with Gasteiger partial charge in [-0.2, -0.15) is 0 Å². The van der Waals surface area contributed by atoms with Crippen molar-refractivity contribution in [3.8, 4) is 0 Å². The predicted molar refractivity (Wildman–Crippen MR) is 89.9 cm³/mol. The SMILES string of the molecule is O=C(CCCc1ccccc1)N1CCN(Cc2ccco2)CC1. The van der Waals surface area contributed by atoms with Crippen LogP contribution in [0.3, 0.4) is 0 Å². The summed E-state index contributed by atoms with van der Waals surface area (Å²) in [7, 11) is 0. The lowest BCUT2D eigenvalue weighted by Crippen LogP contribution is -2.48. The number of nitrogens with zero attached hydrogens (tertiary/aromatic N) is 2. The Morgan fingerprint density at radius 3 is 2.48 bits per heavy atom. The molecule has 1 aliphatic rings. The molecule has 1 aromatic heterocycles. The zero-order valence-electron chi connectivity index (χ0n) is 13.5. The second-order valence-electron chi connectivity index (χ2n) is 6.08. The minimum atomic E-state index is 0.290. The monoisotopic (exact) mass is 312 g/mol. The fraction of sp³-hybridized carbons (Fsp3) is 0.421. The average molecular weight is 312 g/mol. The smallest absolute Gasteiger partial charge is 0.222 e. The molecule has 4 nitrogen and oxygen atoms in total. The zero-order valence-corrected chi connectivity index (χ0v) is 13.5. The molecule has 4 heteroatoms. The second kappa shape index (κ2) is 7.97. The molecule has 0 unspecified atom stereocenters. The maximum Gasteiger partial charge on any atom is 0.222 e. The van der Waals surface area contributed by atoms with Crippen LogP contribution in [0.2, 0.25) is 0 Å². The number of furan rings is 1. The van der Waals surface area contributed by atoms with Crippen LogP contribution >= 0.6 is 0 Å². The van der Waals surface area contributed by atoms with Crippen LogP contribution in [0, 0.1) is 0 Å². The summed E-state index contributed by atoms with van der Waals surface area (Å²) >= 11 is 0.